The van der Waals surface area contributed by atoms with Gasteiger partial charge in [-0.2, -0.15) is 0 Å². The maximum absolute atomic E-state index is 6.83. The van der Waals surface area contributed by atoms with E-state index in [2.05, 4.69) is 193 Å². The quantitative estimate of drug-likeness (QED) is 0.169. The highest BCUT2D eigenvalue weighted by Crippen LogP contribution is 2.51. The first kappa shape index (κ1) is 32.8. The lowest BCUT2D eigenvalue weighted by atomic mass is 9.94. The number of nitrogens with zero attached hydrogens (tertiary/aromatic N) is 1. The molecule has 0 aliphatic carbocycles. The third kappa shape index (κ3) is 5.12. The largest absolute Gasteiger partial charge is 0.456 e. The molecular formula is C54H33NO2S. The minimum atomic E-state index is 0.847. The van der Waals surface area contributed by atoms with Gasteiger partial charge in [0.2, 0.25) is 0 Å². The molecule has 12 aromatic rings. The molecule has 0 aliphatic heterocycles. The molecule has 0 bridgehead atoms. The number of hydrogen-bond acceptors (Lipinski definition) is 4. The molecule has 0 N–H and O–H groups in total. The fraction of sp³-hybridized carbons (Fsp3) is 0. The molecule has 272 valence electrons. The summed E-state index contributed by atoms with van der Waals surface area (Å²) in [6, 6.07) is 71.4. The Balaban J connectivity index is 1.18. The van der Waals surface area contributed by atoms with E-state index in [4.69, 9.17) is 8.83 Å². The first-order chi connectivity index (χ1) is 28.8. The van der Waals surface area contributed by atoms with Crippen LogP contribution in [0.1, 0.15) is 0 Å². The van der Waals surface area contributed by atoms with Crippen molar-refractivity contribution >= 4 is 92.4 Å². The number of fused-ring (bicyclic) bond motifs is 9. The predicted octanol–water partition coefficient (Wildman–Crippen LogP) is 16.3. The molecule has 0 amide bonds. The van der Waals surface area contributed by atoms with Crippen LogP contribution < -0.4 is 4.90 Å². The van der Waals surface area contributed by atoms with E-state index < -0.39 is 0 Å². The van der Waals surface area contributed by atoms with Crippen molar-refractivity contribution in [3.63, 3.8) is 0 Å². The molecule has 9 aromatic carbocycles. The molecule has 0 aliphatic rings. The van der Waals surface area contributed by atoms with Gasteiger partial charge in [-0.15, -0.1) is 11.3 Å². The Morgan fingerprint density at radius 2 is 0.948 bits per heavy atom. The maximum atomic E-state index is 6.83. The van der Waals surface area contributed by atoms with Gasteiger partial charge in [0.05, 0.1) is 22.1 Å². The summed E-state index contributed by atoms with van der Waals surface area (Å²) in [5, 5.41) is 6.77. The van der Waals surface area contributed by atoms with Crippen LogP contribution in [0.15, 0.2) is 209 Å². The number of furan rings is 2. The molecule has 12 rings (SSSR count). The van der Waals surface area contributed by atoms with Gasteiger partial charge >= 0.3 is 0 Å². The average Bonchev–Trinajstić information content (AvgIpc) is 3.99. The maximum Gasteiger partial charge on any atom is 0.145 e. The van der Waals surface area contributed by atoms with E-state index in [9.17, 15) is 0 Å². The van der Waals surface area contributed by atoms with Gasteiger partial charge in [-0.3, -0.25) is 0 Å². The molecule has 3 aromatic heterocycles. The molecule has 4 heteroatoms. The SMILES string of the molecule is c1ccc(-c2cc(-c3ccccc3)c3c(c2)sc2ccc(N(c4cccc5oc6ccccc6c45)c4ccc(-c5ccccc5)c5oc6ccccc6c45)cc23)cc1. The number of benzene rings is 9. The monoisotopic (exact) mass is 759 g/mol. The predicted molar refractivity (Wildman–Crippen MR) is 245 cm³/mol. The number of thiophene rings is 1. The molecule has 3 heterocycles. The Bertz CT molecular complexity index is 3510. The highest BCUT2D eigenvalue weighted by atomic mass is 32.1. The van der Waals surface area contributed by atoms with Crippen LogP contribution in [0.3, 0.4) is 0 Å². The minimum Gasteiger partial charge on any atom is -0.456 e. The van der Waals surface area contributed by atoms with Crippen molar-refractivity contribution in [2.75, 3.05) is 4.90 Å². The van der Waals surface area contributed by atoms with Crippen molar-refractivity contribution in [2.24, 2.45) is 0 Å². The molecule has 0 fully saturated rings. The second-order valence-electron chi connectivity index (χ2n) is 14.8. The van der Waals surface area contributed by atoms with Crippen LogP contribution in [0.2, 0.25) is 0 Å². The van der Waals surface area contributed by atoms with Crippen molar-refractivity contribution in [2.45, 2.75) is 0 Å². The Morgan fingerprint density at radius 1 is 0.345 bits per heavy atom. The molecule has 0 spiro atoms. The zero-order valence-electron chi connectivity index (χ0n) is 31.2. The summed E-state index contributed by atoms with van der Waals surface area (Å²) < 4.78 is 15.9. The van der Waals surface area contributed by atoms with Crippen molar-refractivity contribution in [3.8, 4) is 33.4 Å². The third-order valence-corrected chi connectivity index (χ3v) is 12.6. The summed E-state index contributed by atoms with van der Waals surface area (Å²) in [6.07, 6.45) is 0. The van der Waals surface area contributed by atoms with Gasteiger partial charge in [0.1, 0.15) is 22.3 Å². The van der Waals surface area contributed by atoms with E-state index in [1.165, 1.54) is 42.4 Å². The highest BCUT2D eigenvalue weighted by Gasteiger charge is 2.26. The molecule has 0 atom stereocenters. The van der Waals surface area contributed by atoms with E-state index in [0.29, 0.717) is 0 Å². The number of rotatable bonds is 6. The lowest BCUT2D eigenvalue weighted by Gasteiger charge is -2.27. The molecule has 0 saturated carbocycles. The van der Waals surface area contributed by atoms with Crippen LogP contribution in [-0.2, 0) is 0 Å². The zero-order chi connectivity index (χ0) is 38.2. The van der Waals surface area contributed by atoms with Crippen LogP contribution in [-0.4, -0.2) is 0 Å². The second kappa shape index (κ2) is 13.1. The normalized spacial score (nSPS) is 11.8. The van der Waals surface area contributed by atoms with Gasteiger partial charge in [0.25, 0.3) is 0 Å². The van der Waals surface area contributed by atoms with E-state index in [1.54, 1.807) is 0 Å². The van der Waals surface area contributed by atoms with Crippen LogP contribution >= 0.6 is 11.3 Å². The summed E-state index contributed by atoms with van der Waals surface area (Å²) in [5.41, 5.74) is 13.6. The minimum absolute atomic E-state index is 0.847. The van der Waals surface area contributed by atoms with Gasteiger partial charge < -0.3 is 13.7 Å². The molecule has 0 radical (unpaired) electrons. The molecule has 58 heavy (non-hydrogen) atoms. The first-order valence-corrected chi connectivity index (χ1v) is 20.4. The Hall–Kier alpha value is -7.40. The van der Waals surface area contributed by atoms with Crippen LogP contribution in [0, 0.1) is 0 Å². The third-order valence-electron chi connectivity index (χ3n) is 11.5. The Morgan fingerprint density at radius 3 is 1.69 bits per heavy atom. The standard InChI is InChI=1S/C54H33NO2S/c1-4-15-34(16-5-1)37-31-42(36-19-8-3-9-20-36)51-43-33-38(27-30-49(43)58-50(51)32-37)55(44-23-14-26-48-52(44)40-21-10-12-24-46(40)56-48)45-29-28-39(35-17-6-2-7-18-35)54-53(45)41-22-11-13-25-47(41)57-54/h1-33H. The lowest BCUT2D eigenvalue weighted by Crippen LogP contribution is -2.11. The van der Waals surface area contributed by atoms with Gasteiger partial charge in [-0.1, -0.05) is 133 Å². The smallest absolute Gasteiger partial charge is 0.145 e. The van der Waals surface area contributed by atoms with Crippen molar-refractivity contribution in [3.05, 3.63) is 200 Å². The average molecular weight is 760 g/mol. The van der Waals surface area contributed by atoms with E-state index in [0.717, 1.165) is 72.1 Å². The summed E-state index contributed by atoms with van der Waals surface area (Å²) in [7, 11) is 0. The van der Waals surface area contributed by atoms with Gasteiger partial charge in [-0.05, 0) is 94.5 Å². The topological polar surface area (TPSA) is 29.5 Å². The molecule has 3 nitrogen and oxygen atoms in total. The van der Waals surface area contributed by atoms with Gasteiger partial charge in [0, 0.05) is 42.2 Å². The van der Waals surface area contributed by atoms with E-state index in [-0.39, 0.29) is 0 Å². The fourth-order valence-corrected chi connectivity index (χ4v) is 10.0. The number of para-hydroxylation sites is 2. The summed E-state index contributed by atoms with van der Waals surface area (Å²) in [4.78, 5) is 2.42. The van der Waals surface area contributed by atoms with E-state index >= 15 is 0 Å². The Labute approximate surface area is 338 Å². The number of hydrogen-bond donors (Lipinski definition) is 0. The zero-order valence-corrected chi connectivity index (χ0v) is 32.0. The molecule has 0 unspecified atom stereocenters. The summed E-state index contributed by atoms with van der Waals surface area (Å²) >= 11 is 1.85. The second-order valence-corrected chi connectivity index (χ2v) is 15.9. The highest BCUT2D eigenvalue weighted by molar-refractivity contribution is 7.26. The Kier molecular flexibility index (Phi) is 7.40. The first-order valence-electron chi connectivity index (χ1n) is 19.6. The van der Waals surface area contributed by atoms with Crippen LogP contribution in [0.25, 0.3) is 97.4 Å². The molecule has 0 saturated heterocycles. The summed E-state index contributed by atoms with van der Waals surface area (Å²) in [5.74, 6) is 0. The van der Waals surface area contributed by atoms with Crippen LogP contribution in [0.5, 0.6) is 0 Å². The van der Waals surface area contributed by atoms with Gasteiger partial charge in [0.15, 0.2) is 0 Å². The summed E-state index contributed by atoms with van der Waals surface area (Å²) in [6.45, 7) is 0. The van der Waals surface area contributed by atoms with Gasteiger partial charge in [-0.25, -0.2) is 0 Å². The van der Waals surface area contributed by atoms with Crippen molar-refractivity contribution < 1.29 is 8.83 Å². The van der Waals surface area contributed by atoms with Crippen molar-refractivity contribution in [1.82, 2.24) is 0 Å². The lowest BCUT2D eigenvalue weighted by molar-refractivity contribution is 0.669. The van der Waals surface area contributed by atoms with E-state index in [1.807, 2.05) is 23.5 Å². The van der Waals surface area contributed by atoms with Crippen molar-refractivity contribution in [1.29, 1.82) is 0 Å². The van der Waals surface area contributed by atoms with Crippen LogP contribution in [0.4, 0.5) is 17.1 Å². The fourth-order valence-electron chi connectivity index (χ4n) is 8.87. The number of anilines is 3. The molecular weight excluding hydrogens is 727 g/mol.